The second kappa shape index (κ2) is 8.17. The second-order valence-electron chi connectivity index (χ2n) is 8.07. The molecule has 2 fully saturated rings. The predicted octanol–water partition coefficient (Wildman–Crippen LogP) is 5.81. The molecular weight excluding hydrogens is 412 g/mol. The quantitative estimate of drug-likeness (QED) is 0.515. The Morgan fingerprint density at radius 3 is 2.55 bits per heavy atom. The van der Waals surface area contributed by atoms with Crippen LogP contribution in [0.2, 0.25) is 10.3 Å². The average Bonchev–Trinajstić information content (AvgIpc) is 3.28. The van der Waals surface area contributed by atoms with Crippen LogP contribution in [0, 0.1) is 5.82 Å². The van der Waals surface area contributed by atoms with Gasteiger partial charge in [-0.2, -0.15) is 0 Å². The van der Waals surface area contributed by atoms with Crippen molar-refractivity contribution in [1.29, 1.82) is 0 Å². The third-order valence-corrected chi connectivity index (χ3v) is 6.07. The maximum Gasteiger partial charge on any atom is 0.222 e. The summed E-state index contributed by atoms with van der Waals surface area (Å²) in [5, 5.41) is 3.95. The van der Waals surface area contributed by atoms with E-state index in [9.17, 15) is 4.39 Å². The fraction of sp³-hybridized carbons (Fsp3) is 0.476. The highest BCUT2D eigenvalue weighted by Gasteiger charge is 2.42. The standard InChI is InChI=1S/C14H11Cl2FN4.C7H13N/c1-7(2)21-6-19-13-10(17)3-8(4-11(13)21)12-9(15)5-18-14(16)20-12;1-2-6-8-7(3-1)4-5-7/h3-7H,1-2H3;8H,1-6H2. The molecule has 5 nitrogen and oxygen atoms in total. The highest BCUT2D eigenvalue weighted by atomic mass is 35.5. The van der Waals surface area contributed by atoms with Crippen molar-refractivity contribution in [3.63, 3.8) is 0 Å². The summed E-state index contributed by atoms with van der Waals surface area (Å²) in [7, 11) is 0. The highest BCUT2D eigenvalue weighted by molar-refractivity contribution is 6.33. The summed E-state index contributed by atoms with van der Waals surface area (Å²) >= 11 is 11.9. The molecular formula is C21H24Cl2FN5. The summed E-state index contributed by atoms with van der Waals surface area (Å²) < 4.78 is 16.1. The van der Waals surface area contributed by atoms with Crippen molar-refractivity contribution < 1.29 is 4.39 Å². The fourth-order valence-electron chi connectivity index (χ4n) is 3.80. The number of nitrogens with zero attached hydrogens (tertiary/aromatic N) is 4. The number of imidazole rings is 1. The molecule has 3 heterocycles. The van der Waals surface area contributed by atoms with Gasteiger partial charge in [0.1, 0.15) is 5.52 Å². The molecule has 29 heavy (non-hydrogen) atoms. The normalized spacial score (nSPS) is 17.4. The van der Waals surface area contributed by atoms with Gasteiger partial charge < -0.3 is 9.88 Å². The molecule has 0 unspecified atom stereocenters. The van der Waals surface area contributed by atoms with Crippen molar-refractivity contribution >= 4 is 34.2 Å². The number of fused-ring (bicyclic) bond motifs is 1. The van der Waals surface area contributed by atoms with Gasteiger partial charge in [-0.25, -0.2) is 19.3 Å². The predicted molar refractivity (Wildman–Crippen MR) is 115 cm³/mol. The summed E-state index contributed by atoms with van der Waals surface area (Å²) in [6, 6.07) is 3.31. The zero-order valence-electron chi connectivity index (χ0n) is 16.6. The summed E-state index contributed by atoms with van der Waals surface area (Å²) in [6.45, 7) is 5.28. The van der Waals surface area contributed by atoms with Crippen molar-refractivity contribution in [3.05, 3.63) is 40.8 Å². The summed E-state index contributed by atoms with van der Waals surface area (Å²) in [5.41, 5.74) is 2.62. The Balaban J connectivity index is 0.000000211. The lowest BCUT2D eigenvalue weighted by Gasteiger charge is -2.22. The number of rotatable bonds is 2. The van der Waals surface area contributed by atoms with Crippen LogP contribution in [0.3, 0.4) is 0 Å². The molecule has 8 heteroatoms. The minimum absolute atomic E-state index is 0.0623. The van der Waals surface area contributed by atoms with Crippen LogP contribution >= 0.6 is 23.2 Å². The van der Waals surface area contributed by atoms with Crippen LogP contribution in [0.4, 0.5) is 4.39 Å². The molecule has 0 radical (unpaired) electrons. The number of hydrogen-bond acceptors (Lipinski definition) is 4. The third-order valence-electron chi connectivity index (χ3n) is 5.61. The van der Waals surface area contributed by atoms with E-state index in [0.717, 1.165) is 0 Å². The van der Waals surface area contributed by atoms with Crippen LogP contribution in [0.5, 0.6) is 0 Å². The van der Waals surface area contributed by atoms with Crippen molar-refractivity contribution in [3.8, 4) is 11.3 Å². The highest BCUT2D eigenvalue weighted by Crippen LogP contribution is 2.41. The van der Waals surface area contributed by atoms with Crippen LogP contribution in [0.25, 0.3) is 22.3 Å². The Labute approximate surface area is 179 Å². The van der Waals surface area contributed by atoms with Gasteiger partial charge in [0.05, 0.1) is 28.8 Å². The lowest BCUT2D eigenvalue weighted by molar-refractivity contribution is 0.385. The van der Waals surface area contributed by atoms with Gasteiger partial charge in [-0.3, -0.25) is 0 Å². The van der Waals surface area contributed by atoms with E-state index in [-0.39, 0.29) is 11.3 Å². The Morgan fingerprint density at radius 1 is 1.14 bits per heavy atom. The van der Waals surface area contributed by atoms with E-state index in [2.05, 4.69) is 20.3 Å². The topological polar surface area (TPSA) is 55.6 Å². The van der Waals surface area contributed by atoms with Crippen LogP contribution < -0.4 is 5.32 Å². The SMILES string of the molecule is C1CCC2(CC2)NC1.CC(C)n1cnc2c(F)cc(-c3nc(Cl)ncc3Cl)cc21. The molecule has 0 atom stereocenters. The minimum Gasteiger partial charge on any atom is -0.328 e. The van der Waals surface area contributed by atoms with E-state index in [1.807, 2.05) is 18.4 Å². The minimum atomic E-state index is -0.423. The third kappa shape index (κ3) is 4.39. The van der Waals surface area contributed by atoms with E-state index in [1.165, 1.54) is 50.9 Å². The summed E-state index contributed by atoms with van der Waals surface area (Å²) in [5.74, 6) is -0.423. The molecule has 1 aliphatic heterocycles. The molecule has 2 aromatic heterocycles. The van der Waals surface area contributed by atoms with E-state index in [4.69, 9.17) is 23.2 Å². The average molecular weight is 436 g/mol. The van der Waals surface area contributed by atoms with E-state index < -0.39 is 5.82 Å². The molecule has 0 amide bonds. The van der Waals surface area contributed by atoms with E-state index >= 15 is 0 Å². The summed E-state index contributed by atoms with van der Waals surface area (Å²) in [4.78, 5) is 12.0. The molecule has 2 aliphatic rings. The maximum atomic E-state index is 14.2. The van der Waals surface area contributed by atoms with Gasteiger partial charge in [0.25, 0.3) is 0 Å². The van der Waals surface area contributed by atoms with Crippen molar-refractivity contribution in [2.75, 3.05) is 6.54 Å². The van der Waals surface area contributed by atoms with Crippen LogP contribution in [0.1, 0.15) is 52.0 Å². The number of nitrogens with one attached hydrogen (secondary N) is 1. The van der Waals surface area contributed by atoms with Crippen molar-refractivity contribution in [2.24, 2.45) is 0 Å². The number of benzene rings is 1. The van der Waals surface area contributed by atoms with E-state index in [0.29, 0.717) is 32.9 Å². The lowest BCUT2D eigenvalue weighted by atomic mass is 10.0. The molecule has 1 spiro atoms. The second-order valence-corrected chi connectivity index (χ2v) is 8.82. The van der Waals surface area contributed by atoms with Crippen molar-refractivity contribution in [2.45, 2.75) is 57.5 Å². The van der Waals surface area contributed by atoms with Gasteiger partial charge in [-0.15, -0.1) is 0 Å². The van der Waals surface area contributed by atoms with Gasteiger partial charge >= 0.3 is 0 Å². The molecule has 3 aromatic rings. The smallest absolute Gasteiger partial charge is 0.222 e. The molecule has 1 aromatic carbocycles. The number of piperidine rings is 1. The van der Waals surface area contributed by atoms with Gasteiger partial charge in [-0.05, 0) is 69.8 Å². The number of hydrogen-bond donors (Lipinski definition) is 1. The Kier molecular flexibility index (Phi) is 5.78. The molecule has 5 rings (SSSR count). The Bertz CT molecular complexity index is 1020. The Morgan fingerprint density at radius 2 is 1.93 bits per heavy atom. The van der Waals surface area contributed by atoms with Crippen molar-refractivity contribution in [1.82, 2.24) is 24.8 Å². The largest absolute Gasteiger partial charge is 0.328 e. The molecule has 154 valence electrons. The van der Waals surface area contributed by atoms with Crippen LogP contribution in [-0.2, 0) is 0 Å². The number of aromatic nitrogens is 4. The van der Waals surface area contributed by atoms with Crippen LogP contribution in [-0.4, -0.2) is 31.6 Å². The fourth-order valence-corrected chi connectivity index (χ4v) is 4.13. The van der Waals surface area contributed by atoms with Gasteiger partial charge in [0.15, 0.2) is 5.82 Å². The van der Waals surface area contributed by atoms with E-state index in [1.54, 1.807) is 12.4 Å². The maximum absolute atomic E-state index is 14.2. The van der Waals surface area contributed by atoms with Gasteiger partial charge in [0, 0.05) is 17.1 Å². The first kappa shape index (κ1) is 20.5. The lowest BCUT2D eigenvalue weighted by Crippen LogP contribution is -2.35. The zero-order valence-corrected chi connectivity index (χ0v) is 18.1. The molecule has 1 N–H and O–H groups in total. The zero-order chi connectivity index (χ0) is 20.6. The first-order valence-electron chi connectivity index (χ1n) is 9.98. The molecule has 1 saturated heterocycles. The first-order valence-corrected chi connectivity index (χ1v) is 10.7. The Hall–Kier alpha value is -1.76. The number of halogens is 3. The monoisotopic (exact) mass is 435 g/mol. The summed E-state index contributed by atoms with van der Waals surface area (Å²) in [6.07, 6.45) is 10.2. The molecule has 1 saturated carbocycles. The van der Waals surface area contributed by atoms with Gasteiger partial charge in [0.2, 0.25) is 5.28 Å². The first-order chi connectivity index (χ1) is 13.9. The van der Waals surface area contributed by atoms with Gasteiger partial charge in [-0.1, -0.05) is 18.0 Å². The molecule has 0 bridgehead atoms. The van der Waals surface area contributed by atoms with Crippen LogP contribution in [0.15, 0.2) is 24.7 Å². The molecule has 1 aliphatic carbocycles.